The third-order valence-corrected chi connectivity index (χ3v) is 4.92. The minimum absolute atomic E-state index is 0.315. The van der Waals surface area contributed by atoms with Crippen LogP contribution in [0.3, 0.4) is 0 Å². The zero-order valence-electron chi connectivity index (χ0n) is 10.7. The molecule has 1 aliphatic heterocycles. The van der Waals surface area contributed by atoms with Crippen LogP contribution >= 0.6 is 22.9 Å². The highest BCUT2D eigenvalue weighted by atomic mass is 35.5. The summed E-state index contributed by atoms with van der Waals surface area (Å²) < 4.78 is 0. The van der Waals surface area contributed by atoms with E-state index >= 15 is 0 Å². The second-order valence-electron chi connectivity index (χ2n) is 4.57. The molecular weight excluding hydrogens is 270 g/mol. The molecule has 0 aromatic carbocycles. The first-order valence-electron chi connectivity index (χ1n) is 6.22. The Morgan fingerprint density at radius 1 is 1.67 bits per heavy atom. The Kier molecular flexibility index (Phi) is 4.59. The largest absolute Gasteiger partial charge is 0.350 e. The van der Waals surface area contributed by atoms with E-state index in [4.69, 9.17) is 11.6 Å². The number of halogens is 1. The first kappa shape index (κ1) is 13.8. The highest BCUT2D eigenvalue weighted by molar-refractivity contribution is 7.17. The minimum Gasteiger partial charge on any atom is -0.350 e. The zero-order valence-corrected chi connectivity index (χ0v) is 12.3. The van der Waals surface area contributed by atoms with Gasteiger partial charge in [0.2, 0.25) is 0 Å². The van der Waals surface area contributed by atoms with Crippen LogP contribution in [0.2, 0.25) is 5.15 Å². The van der Waals surface area contributed by atoms with Crippen LogP contribution in [0.1, 0.15) is 29.4 Å². The Hall–Kier alpha value is -0.650. The third kappa shape index (κ3) is 2.84. The lowest BCUT2D eigenvalue weighted by Gasteiger charge is -2.27. The van der Waals surface area contributed by atoms with E-state index in [1.807, 2.05) is 7.05 Å². The summed E-state index contributed by atoms with van der Waals surface area (Å²) in [5.41, 5.74) is 0. The van der Waals surface area contributed by atoms with Gasteiger partial charge in [-0.3, -0.25) is 9.69 Å². The average Bonchev–Trinajstić information content (AvgIpc) is 2.95. The van der Waals surface area contributed by atoms with Crippen LogP contribution in [0.25, 0.3) is 0 Å². The number of likely N-dealkylation sites (tertiary alicyclic amines) is 1. The quantitative estimate of drug-likeness (QED) is 0.780. The molecule has 4 nitrogen and oxygen atoms in total. The van der Waals surface area contributed by atoms with Gasteiger partial charge >= 0.3 is 0 Å². The van der Waals surface area contributed by atoms with E-state index < -0.39 is 0 Å². The molecule has 1 unspecified atom stereocenters. The van der Waals surface area contributed by atoms with Crippen molar-refractivity contribution in [2.24, 2.45) is 0 Å². The maximum Gasteiger partial charge on any atom is 0.187 e. The van der Waals surface area contributed by atoms with E-state index in [2.05, 4.69) is 21.7 Å². The molecule has 6 heteroatoms. The van der Waals surface area contributed by atoms with Gasteiger partial charge in [-0.25, -0.2) is 4.98 Å². The normalized spacial score (nSPS) is 20.3. The van der Waals surface area contributed by atoms with Crippen LogP contribution < -0.4 is 4.90 Å². The van der Waals surface area contributed by atoms with E-state index in [-0.39, 0.29) is 0 Å². The molecule has 0 spiro atoms. The van der Waals surface area contributed by atoms with Gasteiger partial charge in [0.25, 0.3) is 0 Å². The van der Waals surface area contributed by atoms with Crippen LogP contribution in [0.5, 0.6) is 0 Å². The van der Waals surface area contributed by atoms with Gasteiger partial charge in [-0.2, -0.15) is 0 Å². The molecule has 0 bridgehead atoms. The number of nitrogens with zero attached hydrogens (tertiary/aromatic N) is 3. The maximum atomic E-state index is 10.8. The molecule has 0 saturated carbocycles. The number of aromatic nitrogens is 1. The smallest absolute Gasteiger partial charge is 0.187 e. The number of hydrogen-bond donors (Lipinski definition) is 0. The highest BCUT2D eigenvalue weighted by Gasteiger charge is 2.25. The van der Waals surface area contributed by atoms with Crippen molar-refractivity contribution in [3.8, 4) is 0 Å². The number of carbonyl (C=O) groups excluding carboxylic acids is 1. The fourth-order valence-electron chi connectivity index (χ4n) is 2.45. The van der Waals surface area contributed by atoms with Crippen molar-refractivity contribution in [3.05, 3.63) is 10.0 Å². The first-order valence-corrected chi connectivity index (χ1v) is 7.41. The molecular formula is C12H18ClN3OS. The number of aldehydes is 1. The SMILES string of the molecule is CCN1CCCC1CN(C)c1nc(Cl)c(C=O)s1. The Bertz CT molecular complexity index is 423. The second kappa shape index (κ2) is 5.99. The monoisotopic (exact) mass is 287 g/mol. The number of rotatable bonds is 5. The lowest BCUT2D eigenvalue weighted by atomic mass is 10.2. The van der Waals surface area contributed by atoms with Gasteiger partial charge in [0.1, 0.15) is 4.88 Å². The Morgan fingerprint density at radius 3 is 3.06 bits per heavy atom. The van der Waals surface area contributed by atoms with Crippen LogP contribution in [0.4, 0.5) is 5.13 Å². The maximum absolute atomic E-state index is 10.8. The molecule has 0 N–H and O–H groups in total. The number of carbonyl (C=O) groups is 1. The zero-order chi connectivity index (χ0) is 13.1. The molecule has 18 heavy (non-hydrogen) atoms. The van der Waals surface area contributed by atoms with Gasteiger partial charge in [0.15, 0.2) is 16.6 Å². The number of likely N-dealkylation sites (N-methyl/N-ethyl adjacent to an activating group) is 2. The van der Waals surface area contributed by atoms with Crippen molar-refractivity contribution in [2.45, 2.75) is 25.8 Å². The number of hydrogen-bond acceptors (Lipinski definition) is 5. The molecule has 1 saturated heterocycles. The molecule has 0 aliphatic carbocycles. The Balaban J connectivity index is 2.02. The summed E-state index contributed by atoms with van der Waals surface area (Å²) in [6.07, 6.45) is 3.27. The molecule has 0 radical (unpaired) electrons. The summed E-state index contributed by atoms with van der Waals surface area (Å²) in [5, 5.41) is 1.14. The predicted molar refractivity (Wildman–Crippen MR) is 76.1 cm³/mol. The summed E-state index contributed by atoms with van der Waals surface area (Å²) in [6, 6.07) is 0.586. The molecule has 1 aromatic heterocycles. The molecule has 1 aliphatic rings. The van der Waals surface area contributed by atoms with E-state index in [0.717, 1.165) is 24.5 Å². The van der Waals surface area contributed by atoms with Crippen molar-refractivity contribution in [1.82, 2.24) is 9.88 Å². The van der Waals surface area contributed by atoms with Crippen molar-refractivity contribution in [1.29, 1.82) is 0 Å². The Morgan fingerprint density at radius 2 is 2.44 bits per heavy atom. The Labute approximate surface area is 117 Å². The molecule has 0 amide bonds. The molecule has 2 rings (SSSR count). The van der Waals surface area contributed by atoms with E-state index in [1.54, 1.807) is 0 Å². The fourth-order valence-corrected chi connectivity index (χ4v) is 3.48. The van der Waals surface area contributed by atoms with Gasteiger partial charge in [-0.15, -0.1) is 0 Å². The average molecular weight is 288 g/mol. The van der Waals surface area contributed by atoms with Gasteiger partial charge in [0, 0.05) is 19.6 Å². The van der Waals surface area contributed by atoms with Crippen LogP contribution in [-0.4, -0.2) is 48.9 Å². The highest BCUT2D eigenvalue weighted by Crippen LogP contribution is 2.28. The molecule has 2 heterocycles. The molecule has 100 valence electrons. The predicted octanol–water partition coefficient (Wildman–Crippen LogP) is 2.53. The van der Waals surface area contributed by atoms with Crippen molar-refractivity contribution in [2.75, 3.05) is 31.6 Å². The summed E-state index contributed by atoms with van der Waals surface area (Å²) in [6.45, 7) is 5.42. The summed E-state index contributed by atoms with van der Waals surface area (Å²) in [5.74, 6) is 0. The lowest BCUT2D eigenvalue weighted by molar-refractivity contribution is 0.112. The third-order valence-electron chi connectivity index (χ3n) is 3.42. The second-order valence-corrected chi connectivity index (χ2v) is 5.94. The summed E-state index contributed by atoms with van der Waals surface area (Å²) >= 11 is 7.25. The van der Waals surface area contributed by atoms with Gasteiger partial charge < -0.3 is 4.90 Å². The van der Waals surface area contributed by atoms with Crippen molar-refractivity contribution >= 4 is 34.4 Å². The molecule has 1 fully saturated rings. The summed E-state index contributed by atoms with van der Waals surface area (Å²) in [4.78, 5) is 20.1. The van der Waals surface area contributed by atoms with Gasteiger partial charge in [-0.05, 0) is 25.9 Å². The molecule has 1 aromatic rings. The molecule has 1 atom stereocenters. The first-order chi connectivity index (χ1) is 8.65. The minimum atomic E-state index is 0.315. The van der Waals surface area contributed by atoms with E-state index in [9.17, 15) is 4.79 Å². The van der Waals surface area contributed by atoms with E-state index in [1.165, 1.54) is 30.7 Å². The summed E-state index contributed by atoms with van der Waals surface area (Å²) in [7, 11) is 2.01. The van der Waals surface area contributed by atoms with Crippen molar-refractivity contribution in [3.63, 3.8) is 0 Å². The number of thiazole rings is 1. The standard InChI is InChI=1S/C12H18ClN3OS/c1-3-16-6-4-5-9(16)7-15(2)12-14-11(13)10(8-17)18-12/h8-9H,3-7H2,1-2H3. The fraction of sp³-hybridized carbons (Fsp3) is 0.667. The van der Waals surface area contributed by atoms with Crippen LogP contribution in [-0.2, 0) is 0 Å². The lowest BCUT2D eigenvalue weighted by Crippen LogP contribution is -2.38. The van der Waals surface area contributed by atoms with Crippen molar-refractivity contribution < 1.29 is 4.79 Å². The van der Waals surface area contributed by atoms with Gasteiger partial charge in [0.05, 0.1) is 0 Å². The van der Waals surface area contributed by atoms with E-state index in [0.29, 0.717) is 16.1 Å². The van der Waals surface area contributed by atoms with Crippen LogP contribution in [0.15, 0.2) is 0 Å². The number of anilines is 1. The van der Waals surface area contributed by atoms with Gasteiger partial charge in [-0.1, -0.05) is 29.9 Å². The van der Waals surface area contributed by atoms with Crippen LogP contribution in [0, 0.1) is 0 Å². The topological polar surface area (TPSA) is 36.4 Å².